The molecule has 1 fully saturated rings. The van der Waals surface area contributed by atoms with Gasteiger partial charge >= 0.3 is 0 Å². The van der Waals surface area contributed by atoms with Gasteiger partial charge in [-0.15, -0.1) is 0 Å². The van der Waals surface area contributed by atoms with Crippen LogP contribution in [0.3, 0.4) is 0 Å². The average molecular weight is 282 g/mol. The Bertz CT molecular complexity index is 408. The van der Waals surface area contributed by atoms with Crippen LogP contribution in [0, 0.1) is 6.92 Å². The van der Waals surface area contributed by atoms with Crippen molar-refractivity contribution in [3.63, 3.8) is 0 Å². The molecule has 0 saturated carbocycles. The van der Waals surface area contributed by atoms with E-state index >= 15 is 0 Å². The molecule has 1 unspecified atom stereocenters. The summed E-state index contributed by atoms with van der Waals surface area (Å²) in [4.78, 5) is 6.88. The number of aryl methyl sites for hydroxylation is 1. The molecule has 2 heterocycles. The zero-order valence-electron chi connectivity index (χ0n) is 12.0. The number of likely N-dealkylation sites (tertiary alicyclic amines) is 1. The molecule has 1 atom stereocenters. The summed E-state index contributed by atoms with van der Waals surface area (Å²) in [7, 11) is 0. The van der Waals surface area contributed by atoms with E-state index in [0.717, 1.165) is 11.4 Å². The van der Waals surface area contributed by atoms with E-state index in [1.165, 1.54) is 45.3 Å². The summed E-state index contributed by atoms with van der Waals surface area (Å²) in [5, 5.41) is 4.20. The Balaban J connectivity index is 1.92. The number of anilines is 1. The lowest BCUT2D eigenvalue weighted by atomic mass is 10.1. The van der Waals surface area contributed by atoms with E-state index in [0.29, 0.717) is 11.2 Å². The van der Waals surface area contributed by atoms with Gasteiger partial charge in [0, 0.05) is 12.6 Å². The van der Waals surface area contributed by atoms with Gasteiger partial charge in [-0.1, -0.05) is 18.5 Å². The molecule has 1 aliphatic heterocycles. The summed E-state index contributed by atoms with van der Waals surface area (Å²) in [6.45, 7) is 7.93. The summed E-state index contributed by atoms with van der Waals surface area (Å²) in [6, 6.07) is 4.46. The maximum absolute atomic E-state index is 5.89. The van der Waals surface area contributed by atoms with Crippen molar-refractivity contribution in [2.75, 3.05) is 25.0 Å². The molecule has 0 aliphatic carbocycles. The molecule has 1 aromatic heterocycles. The zero-order chi connectivity index (χ0) is 13.7. The van der Waals surface area contributed by atoms with Crippen molar-refractivity contribution in [1.29, 1.82) is 0 Å². The minimum absolute atomic E-state index is 0.559. The molecule has 0 amide bonds. The van der Waals surface area contributed by atoms with Crippen LogP contribution in [0.1, 0.15) is 38.3 Å². The van der Waals surface area contributed by atoms with Gasteiger partial charge in [-0.25, -0.2) is 4.98 Å². The van der Waals surface area contributed by atoms with E-state index in [9.17, 15) is 0 Å². The molecular formula is C15H24ClN3. The monoisotopic (exact) mass is 281 g/mol. The molecule has 106 valence electrons. The molecule has 1 aromatic rings. The van der Waals surface area contributed by atoms with E-state index in [1.807, 2.05) is 19.1 Å². The number of halogens is 1. The molecule has 0 aromatic carbocycles. The Kier molecular flexibility index (Phi) is 5.46. The summed E-state index contributed by atoms with van der Waals surface area (Å²) in [5.41, 5.74) is 2.11. The molecular weight excluding hydrogens is 258 g/mol. The van der Waals surface area contributed by atoms with Crippen LogP contribution in [-0.2, 0) is 0 Å². The van der Waals surface area contributed by atoms with Crippen LogP contribution in [-0.4, -0.2) is 35.6 Å². The standard InChI is InChI=1S/C15H24ClN3/c1-3-9-19-10-4-5-13(8-11-19)18-14-6-7-15(16)17-12(14)2/h6-7,13,18H,3-5,8-11H2,1-2H3. The van der Waals surface area contributed by atoms with Crippen molar-refractivity contribution < 1.29 is 0 Å². The van der Waals surface area contributed by atoms with Crippen LogP contribution < -0.4 is 5.32 Å². The minimum atomic E-state index is 0.559. The minimum Gasteiger partial charge on any atom is -0.381 e. The molecule has 1 N–H and O–H groups in total. The summed E-state index contributed by atoms with van der Waals surface area (Å²) in [6.07, 6.45) is 4.97. The number of nitrogens with one attached hydrogen (secondary N) is 1. The predicted molar refractivity (Wildman–Crippen MR) is 82.0 cm³/mol. The Morgan fingerprint density at radius 2 is 2.21 bits per heavy atom. The van der Waals surface area contributed by atoms with Crippen LogP contribution in [0.25, 0.3) is 0 Å². The molecule has 2 rings (SSSR count). The molecule has 19 heavy (non-hydrogen) atoms. The second-order valence-corrected chi connectivity index (χ2v) is 5.77. The second-order valence-electron chi connectivity index (χ2n) is 5.38. The molecule has 3 nitrogen and oxygen atoms in total. The van der Waals surface area contributed by atoms with E-state index in [4.69, 9.17) is 11.6 Å². The highest BCUT2D eigenvalue weighted by atomic mass is 35.5. The van der Waals surface area contributed by atoms with Crippen molar-refractivity contribution in [2.45, 2.75) is 45.6 Å². The van der Waals surface area contributed by atoms with Crippen LogP contribution in [0.4, 0.5) is 5.69 Å². The van der Waals surface area contributed by atoms with Gasteiger partial charge in [-0.2, -0.15) is 0 Å². The van der Waals surface area contributed by atoms with Crippen molar-refractivity contribution in [3.8, 4) is 0 Å². The lowest BCUT2D eigenvalue weighted by molar-refractivity contribution is 0.285. The van der Waals surface area contributed by atoms with Crippen LogP contribution in [0.2, 0.25) is 5.15 Å². The third kappa shape index (κ3) is 4.36. The first-order valence-electron chi connectivity index (χ1n) is 7.31. The number of rotatable bonds is 4. The van der Waals surface area contributed by atoms with Gasteiger partial charge in [0.15, 0.2) is 0 Å². The van der Waals surface area contributed by atoms with Crippen LogP contribution >= 0.6 is 11.6 Å². The molecule has 1 saturated heterocycles. The molecule has 0 bridgehead atoms. The molecule has 0 spiro atoms. The Labute approximate surface area is 121 Å². The fourth-order valence-corrected chi connectivity index (χ4v) is 2.93. The highest BCUT2D eigenvalue weighted by Crippen LogP contribution is 2.20. The van der Waals surface area contributed by atoms with Crippen LogP contribution in [0.5, 0.6) is 0 Å². The quantitative estimate of drug-likeness (QED) is 0.853. The maximum atomic E-state index is 5.89. The first-order chi connectivity index (χ1) is 9.19. The van der Waals surface area contributed by atoms with E-state index in [-0.39, 0.29) is 0 Å². The van der Waals surface area contributed by atoms with Gasteiger partial charge in [-0.05, 0) is 57.8 Å². The van der Waals surface area contributed by atoms with E-state index in [1.54, 1.807) is 0 Å². The maximum Gasteiger partial charge on any atom is 0.129 e. The van der Waals surface area contributed by atoms with Gasteiger partial charge in [0.2, 0.25) is 0 Å². The summed E-state index contributed by atoms with van der Waals surface area (Å²) in [5.74, 6) is 0. The number of hydrogen-bond donors (Lipinski definition) is 1. The predicted octanol–water partition coefficient (Wildman–Crippen LogP) is 3.72. The van der Waals surface area contributed by atoms with E-state index in [2.05, 4.69) is 22.1 Å². The van der Waals surface area contributed by atoms with E-state index < -0.39 is 0 Å². The average Bonchev–Trinajstić information content (AvgIpc) is 2.59. The summed E-state index contributed by atoms with van der Waals surface area (Å²) >= 11 is 5.89. The van der Waals surface area contributed by atoms with Gasteiger partial charge in [0.1, 0.15) is 5.15 Å². The van der Waals surface area contributed by atoms with Crippen molar-refractivity contribution in [2.24, 2.45) is 0 Å². The fraction of sp³-hybridized carbons (Fsp3) is 0.667. The first-order valence-corrected chi connectivity index (χ1v) is 7.69. The fourth-order valence-electron chi connectivity index (χ4n) is 2.74. The van der Waals surface area contributed by atoms with Gasteiger partial charge < -0.3 is 10.2 Å². The highest BCUT2D eigenvalue weighted by Gasteiger charge is 2.17. The van der Waals surface area contributed by atoms with Crippen molar-refractivity contribution >= 4 is 17.3 Å². The lowest BCUT2D eigenvalue weighted by Gasteiger charge is -2.20. The van der Waals surface area contributed by atoms with Crippen molar-refractivity contribution in [3.05, 3.63) is 23.0 Å². The third-order valence-corrected chi connectivity index (χ3v) is 3.98. The largest absolute Gasteiger partial charge is 0.381 e. The zero-order valence-corrected chi connectivity index (χ0v) is 12.7. The first kappa shape index (κ1) is 14.6. The Hall–Kier alpha value is -0.800. The summed E-state index contributed by atoms with van der Waals surface area (Å²) < 4.78 is 0. The normalized spacial score (nSPS) is 21.1. The topological polar surface area (TPSA) is 28.2 Å². The smallest absolute Gasteiger partial charge is 0.129 e. The highest BCUT2D eigenvalue weighted by molar-refractivity contribution is 6.29. The Morgan fingerprint density at radius 1 is 1.37 bits per heavy atom. The van der Waals surface area contributed by atoms with Crippen molar-refractivity contribution in [1.82, 2.24) is 9.88 Å². The lowest BCUT2D eigenvalue weighted by Crippen LogP contribution is -2.27. The number of pyridine rings is 1. The number of nitrogens with zero attached hydrogens (tertiary/aromatic N) is 2. The third-order valence-electron chi connectivity index (χ3n) is 3.77. The van der Waals surface area contributed by atoms with Gasteiger partial charge in [0.25, 0.3) is 0 Å². The number of hydrogen-bond acceptors (Lipinski definition) is 3. The van der Waals surface area contributed by atoms with Gasteiger partial charge in [0.05, 0.1) is 11.4 Å². The molecule has 0 radical (unpaired) electrons. The molecule has 4 heteroatoms. The molecule has 1 aliphatic rings. The number of aromatic nitrogens is 1. The van der Waals surface area contributed by atoms with Crippen LogP contribution in [0.15, 0.2) is 12.1 Å². The second kappa shape index (κ2) is 7.11. The Morgan fingerprint density at radius 3 is 2.95 bits per heavy atom. The van der Waals surface area contributed by atoms with Gasteiger partial charge in [-0.3, -0.25) is 0 Å². The SMILES string of the molecule is CCCN1CCCC(Nc2ccc(Cl)nc2C)CC1.